The highest BCUT2D eigenvalue weighted by atomic mass is 16.2. The van der Waals surface area contributed by atoms with Gasteiger partial charge in [-0.3, -0.25) is 9.59 Å². The minimum atomic E-state index is -0.411. The van der Waals surface area contributed by atoms with Crippen LogP contribution in [0.25, 0.3) is 0 Å². The molecular formula is C15H26N3O2+. The number of quaternary nitrogens is 1. The molecule has 1 aliphatic heterocycles. The van der Waals surface area contributed by atoms with Crippen molar-refractivity contribution in [3.8, 4) is 0 Å². The van der Waals surface area contributed by atoms with E-state index in [1.165, 1.54) is 0 Å². The van der Waals surface area contributed by atoms with Gasteiger partial charge in [0.05, 0.1) is 20.1 Å². The maximum absolute atomic E-state index is 12.3. The Balaban J connectivity index is 2.73. The van der Waals surface area contributed by atoms with E-state index in [-0.39, 0.29) is 11.8 Å². The van der Waals surface area contributed by atoms with E-state index in [1.54, 1.807) is 11.0 Å². The highest BCUT2D eigenvalue weighted by molar-refractivity contribution is 5.94. The van der Waals surface area contributed by atoms with E-state index in [2.05, 4.69) is 25.5 Å². The molecule has 5 heteroatoms. The van der Waals surface area contributed by atoms with Gasteiger partial charge in [0.1, 0.15) is 6.54 Å². The van der Waals surface area contributed by atoms with E-state index in [0.717, 1.165) is 19.4 Å². The zero-order valence-corrected chi connectivity index (χ0v) is 12.8. The Morgan fingerprint density at radius 1 is 1.55 bits per heavy atom. The summed E-state index contributed by atoms with van der Waals surface area (Å²) >= 11 is 0. The van der Waals surface area contributed by atoms with Crippen LogP contribution < -0.4 is 5.43 Å². The van der Waals surface area contributed by atoms with E-state index in [1.807, 2.05) is 14.1 Å². The first-order chi connectivity index (χ1) is 9.32. The molecule has 0 aliphatic carbocycles. The summed E-state index contributed by atoms with van der Waals surface area (Å²) in [6.07, 6.45) is 3.95. The van der Waals surface area contributed by atoms with Crippen LogP contribution in [-0.4, -0.2) is 54.5 Å². The molecule has 0 aromatic carbocycles. The first-order valence-corrected chi connectivity index (χ1v) is 7.09. The maximum atomic E-state index is 12.3. The fourth-order valence-corrected chi connectivity index (χ4v) is 2.52. The number of hydrogen-bond acceptors (Lipinski definition) is 2. The average Bonchev–Trinajstić information content (AvgIpc) is 2.76. The van der Waals surface area contributed by atoms with Crippen LogP contribution in [0.4, 0.5) is 0 Å². The van der Waals surface area contributed by atoms with Crippen molar-refractivity contribution < 1.29 is 14.2 Å². The first kappa shape index (κ1) is 16.4. The summed E-state index contributed by atoms with van der Waals surface area (Å²) in [7, 11) is 3.86. The smallest absolute Gasteiger partial charge is 0.293 e. The Morgan fingerprint density at radius 3 is 2.65 bits per heavy atom. The van der Waals surface area contributed by atoms with Crippen molar-refractivity contribution in [2.24, 2.45) is 0 Å². The Kier molecular flexibility index (Phi) is 5.51. The van der Waals surface area contributed by atoms with Crippen molar-refractivity contribution in [1.29, 1.82) is 0 Å². The van der Waals surface area contributed by atoms with E-state index < -0.39 is 6.04 Å². The molecule has 1 aliphatic rings. The van der Waals surface area contributed by atoms with Gasteiger partial charge in [-0.05, 0) is 12.8 Å². The van der Waals surface area contributed by atoms with Crippen molar-refractivity contribution in [3.63, 3.8) is 0 Å². The zero-order chi connectivity index (χ0) is 15.3. The van der Waals surface area contributed by atoms with Gasteiger partial charge in [0.25, 0.3) is 5.91 Å². The highest BCUT2D eigenvalue weighted by Crippen LogP contribution is 2.19. The van der Waals surface area contributed by atoms with Gasteiger partial charge in [-0.25, -0.2) is 4.59 Å². The van der Waals surface area contributed by atoms with E-state index in [0.29, 0.717) is 23.1 Å². The van der Waals surface area contributed by atoms with E-state index in [9.17, 15) is 9.59 Å². The Morgan fingerprint density at radius 2 is 2.20 bits per heavy atom. The summed E-state index contributed by atoms with van der Waals surface area (Å²) in [5.41, 5.74) is 3.30. The van der Waals surface area contributed by atoms with E-state index in [4.69, 9.17) is 0 Å². The molecular weight excluding hydrogens is 254 g/mol. The first-order valence-electron chi connectivity index (χ1n) is 7.09. The summed E-state index contributed by atoms with van der Waals surface area (Å²) in [5, 5.41) is 0. The van der Waals surface area contributed by atoms with Gasteiger partial charge in [-0.2, -0.15) is 5.43 Å². The number of likely N-dealkylation sites (tertiary alicyclic amines) is 1. The normalized spacial score (nSPS) is 16.9. The lowest BCUT2D eigenvalue weighted by Gasteiger charge is -2.31. The van der Waals surface area contributed by atoms with Crippen molar-refractivity contribution in [3.05, 3.63) is 24.8 Å². The second-order valence-electron chi connectivity index (χ2n) is 5.75. The number of hydrogen-bond donors (Lipinski definition) is 1. The summed E-state index contributed by atoms with van der Waals surface area (Å²) < 4.78 is 0.395. The van der Waals surface area contributed by atoms with Crippen LogP contribution in [-0.2, 0) is 9.59 Å². The lowest BCUT2D eigenvalue weighted by Crippen LogP contribution is -2.56. The molecule has 1 saturated heterocycles. The maximum Gasteiger partial charge on any atom is 0.293 e. The predicted octanol–water partition coefficient (Wildman–Crippen LogP) is 1.24. The highest BCUT2D eigenvalue weighted by Gasteiger charge is 2.31. The van der Waals surface area contributed by atoms with Gasteiger partial charge < -0.3 is 4.90 Å². The lowest BCUT2D eigenvalue weighted by atomic mass is 10.1. The quantitative estimate of drug-likeness (QED) is 0.330. The Hall–Kier alpha value is -1.62. The molecule has 0 bridgehead atoms. The molecule has 1 atom stereocenters. The molecule has 1 rings (SSSR count). The van der Waals surface area contributed by atoms with Crippen molar-refractivity contribution in [1.82, 2.24) is 10.3 Å². The molecule has 0 radical (unpaired) electrons. The van der Waals surface area contributed by atoms with Gasteiger partial charge in [-0.1, -0.05) is 19.6 Å². The fourth-order valence-electron chi connectivity index (χ4n) is 2.52. The molecule has 0 saturated carbocycles. The monoisotopic (exact) mass is 280 g/mol. The second kappa shape index (κ2) is 6.70. The molecule has 1 unspecified atom stereocenters. The number of nitrogens with zero attached hydrogens (tertiary/aromatic N) is 2. The standard InChI is InChI=1S/C15H25N3O2/c1-6-11-18(4,5)16-15(20)12(3)13(7-2)17-10-8-9-14(17)19/h7,13H,2-3,6,8-11H2,1,4-5H3/p+1. The third kappa shape index (κ3) is 3.93. The van der Waals surface area contributed by atoms with Gasteiger partial charge in [0, 0.05) is 18.5 Å². The molecule has 0 spiro atoms. The third-order valence-electron chi connectivity index (χ3n) is 3.50. The van der Waals surface area contributed by atoms with Gasteiger partial charge in [-0.15, -0.1) is 6.58 Å². The van der Waals surface area contributed by atoms with Gasteiger partial charge >= 0.3 is 0 Å². The molecule has 5 nitrogen and oxygen atoms in total. The van der Waals surface area contributed by atoms with Crippen LogP contribution >= 0.6 is 0 Å². The fraction of sp³-hybridized carbons (Fsp3) is 0.600. The molecule has 1 N–H and O–H groups in total. The molecule has 20 heavy (non-hydrogen) atoms. The predicted molar refractivity (Wildman–Crippen MR) is 79.5 cm³/mol. The van der Waals surface area contributed by atoms with Crippen LogP contribution in [0.2, 0.25) is 0 Å². The SMILES string of the molecule is C=CC(C(=C)C(=O)N[N+](C)(C)CCC)N1CCCC1=O. The number of nitrogens with one attached hydrogen (secondary N) is 1. The molecule has 0 aromatic heterocycles. The van der Waals surface area contributed by atoms with E-state index >= 15 is 0 Å². The van der Waals surface area contributed by atoms with Crippen LogP contribution in [0.15, 0.2) is 24.8 Å². The van der Waals surface area contributed by atoms with Crippen LogP contribution in [0, 0.1) is 0 Å². The topological polar surface area (TPSA) is 49.4 Å². The Bertz CT molecular complexity index is 415. The summed E-state index contributed by atoms with van der Waals surface area (Å²) in [5.74, 6) is -0.167. The Labute approximate surface area is 121 Å². The molecule has 1 fully saturated rings. The largest absolute Gasteiger partial charge is 0.332 e. The third-order valence-corrected chi connectivity index (χ3v) is 3.50. The minimum Gasteiger partial charge on any atom is -0.332 e. The summed E-state index contributed by atoms with van der Waals surface area (Å²) in [6.45, 7) is 11.2. The minimum absolute atomic E-state index is 0.0613. The summed E-state index contributed by atoms with van der Waals surface area (Å²) in [4.78, 5) is 25.8. The van der Waals surface area contributed by atoms with Crippen molar-refractivity contribution in [2.45, 2.75) is 32.2 Å². The number of rotatable bonds is 7. The molecule has 112 valence electrons. The van der Waals surface area contributed by atoms with Crippen LogP contribution in [0.1, 0.15) is 26.2 Å². The molecule has 0 aromatic rings. The van der Waals surface area contributed by atoms with Gasteiger partial charge in [0.2, 0.25) is 5.91 Å². The van der Waals surface area contributed by atoms with Crippen molar-refractivity contribution in [2.75, 3.05) is 27.2 Å². The van der Waals surface area contributed by atoms with Gasteiger partial charge in [0.15, 0.2) is 0 Å². The number of carbonyl (C=O) groups excluding carboxylic acids is 2. The second-order valence-corrected chi connectivity index (χ2v) is 5.75. The number of amides is 2. The van der Waals surface area contributed by atoms with Crippen molar-refractivity contribution >= 4 is 11.8 Å². The molecule has 2 amide bonds. The zero-order valence-electron chi connectivity index (χ0n) is 12.8. The summed E-state index contributed by atoms with van der Waals surface area (Å²) in [6, 6.07) is -0.411. The lowest BCUT2D eigenvalue weighted by molar-refractivity contribution is -0.925. The van der Waals surface area contributed by atoms with Crippen LogP contribution in [0.3, 0.4) is 0 Å². The average molecular weight is 280 g/mol. The van der Waals surface area contributed by atoms with Crippen LogP contribution in [0.5, 0.6) is 0 Å². The molecule has 1 heterocycles. The number of carbonyl (C=O) groups is 2.